The summed E-state index contributed by atoms with van der Waals surface area (Å²) >= 11 is 1.75. The van der Waals surface area contributed by atoms with Crippen LogP contribution in [0.3, 0.4) is 0 Å². The predicted molar refractivity (Wildman–Crippen MR) is 43.0 cm³/mol. The minimum atomic E-state index is 1.02. The first-order chi connectivity index (χ1) is 4.93. The van der Waals surface area contributed by atoms with Crippen LogP contribution in [0.1, 0.15) is 13.3 Å². The fourth-order valence-corrected chi connectivity index (χ4v) is 1.25. The van der Waals surface area contributed by atoms with Gasteiger partial charge in [-0.15, -0.1) is 11.8 Å². The molecule has 0 aromatic carbocycles. The van der Waals surface area contributed by atoms with Crippen molar-refractivity contribution >= 4 is 11.8 Å². The Balaban J connectivity index is 2.43. The molecule has 0 bridgehead atoms. The van der Waals surface area contributed by atoms with E-state index in [0.29, 0.717) is 0 Å². The Morgan fingerprint density at radius 1 is 1.50 bits per heavy atom. The van der Waals surface area contributed by atoms with Crippen LogP contribution in [0.4, 0.5) is 0 Å². The first kappa shape index (κ1) is 7.54. The summed E-state index contributed by atoms with van der Waals surface area (Å²) in [7, 11) is 0. The topological polar surface area (TPSA) is 25.8 Å². The van der Waals surface area contributed by atoms with Gasteiger partial charge in [-0.3, -0.25) is 4.98 Å². The summed E-state index contributed by atoms with van der Waals surface area (Å²) in [5.74, 6) is 1.12. The van der Waals surface area contributed by atoms with E-state index in [1.165, 1.54) is 6.42 Å². The van der Waals surface area contributed by atoms with Crippen LogP contribution in [0.5, 0.6) is 0 Å². The number of hydrogen-bond donors (Lipinski definition) is 0. The van der Waals surface area contributed by atoms with E-state index in [-0.39, 0.29) is 0 Å². The maximum atomic E-state index is 4.12. The van der Waals surface area contributed by atoms with Crippen molar-refractivity contribution in [3.05, 3.63) is 18.6 Å². The Hall–Kier alpha value is -0.570. The molecule has 0 N–H and O–H groups in total. The van der Waals surface area contributed by atoms with E-state index >= 15 is 0 Å². The van der Waals surface area contributed by atoms with E-state index in [4.69, 9.17) is 0 Å². The highest BCUT2D eigenvalue weighted by Gasteiger charge is 1.90. The van der Waals surface area contributed by atoms with Crippen molar-refractivity contribution in [1.29, 1.82) is 0 Å². The van der Waals surface area contributed by atoms with Crippen molar-refractivity contribution < 1.29 is 0 Å². The van der Waals surface area contributed by atoms with Gasteiger partial charge >= 0.3 is 0 Å². The van der Waals surface area contributed by atoms with Gasteiger partial charge < -0.3 is 0 Å². The van der Waals surface area contributed by atoms with E-state index in [9.17, 15) is 0 Å². The molecule has 0 fully saturated rings. The van der Waals surface area contributed by atoms with Crippen LogP contribution in [0, 0.1) is 0 Å². The van der Waals surface area contributed by atoms with Crippen LogP contribution >= 0.6 is 11.8 Å². The summed E-state index contributed by atoms with van der Waals surface area (Å²) < 4.78 is 0. The fourth-order valence-electron chi connectivity index (χ4n) is 0.567. The third kappa shape index (κ3) is 2.35. The molecule has 0 aliphatic rings. The van der Waals surface area contributed by atoms with Crippen LogP contribution < -0.4 is 0 Å². The highest BCUT2D eigenvalue weighted by atomic mass is 32.2. The van der Waals surface area contributed by atoms with Crippen molar-refractivity contribution in [2.75, 3.05) is 5.75 Å². The van der Waals surface area contributed by atoms with E-state index < -0.39 is 0 Å². The lowest BCUT2D eigenvalue weighted by Crippen LogP contribution is -1.81. The minimum absolute atomic E-state index is 1.02. The number of aromatic nitrogens is 2. The zero-order valence-corrected chi connectivity index (χ0v) is 6.77. The number of hydrogen-bond acceptors (Lipinski definition) is 3. The number of rotatable bonds is 3. The average molecular weight is 154 g/mol. The Bertz CT molecular complexity index is 176. The van der Waals surface area contributed by atoms with Crippen molar-refractivity contribution in [1.82, 2.24) is 9.97 Å². The molecule has 54 valence electrons. The lowest BCUT2D eigenvalue weighted by atomic mass is 10.6. The summed E-state index contributed by atoms with van der Waals surface area (Å²) in [6, 6.07) is 0. The smallest absolute Gasteiger partial charge is 0.114 e. The standard InChI is InChI=1S/C7H10N2S/c1-2-5-10-7-6-8-3-4-9-7/h3-4,6H,2,5H2,1H3. The van der Waals surface area contributed by atoms with E-state index in [1.54, 1.807) is 30.4 Å². The Kier molecular flexibility index (Phi) is 3.22. The van der Waals surface area contributed by atoms with Crippen molar-refractivity contribution in [2.45, 2.75) is 18.4 Å². The quantitative estimate of drug-likeness (QED) is 0.622. The van der Waals surface area contributed by atoms with Gasteiger partial charge in [-0.1, -0.05) is 6.92 Å². The van der Waals surface area contributed by atoms with Gasteiger partial charge in [0.15, 0.2) is 0 Å². The Labute approximate surface area is 65.1 Å². The van der Waals surface area contributed by atoms with Crippen molar-refractivity contribution in [2.24, 2.45) is 0 Å². The Morgan fingerprint density at radius 2 is 2.40 bits per heavy atom. The van der Waals surface area contributed by atoms with Gasteiger partial charge in [0.05, 0.1) is 6.20 Å². The van der Waals surface area contributed by atoms with Crippen LogP contribution in [0.15, 0.2) is 23.6 Å². The lowest BCUT2D eigenvalue weighted by Gasteiger charge is -1.94. The van der Waals surface area contributed by atoms with Crippen molar-refractivity contribution in [3.63, 3.8) is 0 Å². The van der Waals surface area contributed by atoms with Gasteiger partial charge in [-0.25, -0.2) is 4.98 Å². The van der Waals surface area contributed by atoms with Gasteiger partial charge in [0, 0.05) is 12.4 Å². The molecule has 3 heteroatoms. The second kappa shape index (κ2) is 4.28. The molecule has 1 rings (SSSR count). The van der Waals surface area contributed by atoms with Crippen LogP contribution in [-0.2, 0) is 0 Å². The molecular weight excluding hydrogens is 144 g/mol. The molecule has 0 saturated carbocycles. The minimum Gasteiger partial charge on any atom is -0.260 e. The van der Waals surface area contributed by atoms with Crippen molar-refractivity contribution in [3.8, 4) is 0 Å². The molecule has 2 nitrogen and oxygen atoms in total. The third-order valence-electron chi connectivity index (χ3n) is 0.994. The van der Waals surface area contributed by atoms with Crippen LogP contribution in [0.25, 0.3) is 0 Å². The Morgan fingerprint density at radius 3 is 3.00 bits per heavy atom. The maximum absolute atomic E-state index is 4.12. The second-order valence-electron chi connectivity index (χ2n) is 1.89. The number of thioether (sulfide) groups is 1. The average Bonchev–Trinajstić information content (AvgIpc) is 2.03. The van der Waals surface area contributed by atoms with Crippen LogP contribution in [-0.4, -0.2) is 15.7 Å². The highest BCUT2D eigenvalue weighted by molar-refractivity contribution is 7.99. The molecule has 10 heavy (non-hydrogen) atoms. The molecule has 1 aromatic heterocycles. The van der Waals surface area contributed by atoms with Gasteiger partial charge in [-0.05, 0) is 12.2 Å². The first-order valence-electron chi connectivity index (χ1n) is 3.32. The molecule has 0 spiro atoms. The lowest BCUT2D eigenvalue weighted by molar-refractivity contribution is 1.04. The molecule has 0 radical (unpaired) electrons. The molecule has 0 aliphatic heterocycles. The predicted octanol–water partition coefficient (Wildman–Crippen LogP) is 1.98. The molecule has 0 aliphatic carbocycles. The monoisotopic (exact) mass is 154 g/mol. The maximum Gasteiger partial charge on any atom is 0.114 e. The molecule has 0 saturated heterocycles. The van der Waals surface area contributed by atoms with E-state index in [2.05, 4.69) is 16.9 Å². The van der Waals surface area contributed by atoms with Gasteiger partial charge in [0.2, 0.25) is 0 Å². The van der Waals surface area contributed by atoms with Gasteiger partial charge in [0.25, 0.3) is 0 Å². The number of nitrogens with zero attached hydrogens (tertiary/aromatic N) is 2. The summed E-state index contributed by atoms with van der Waals surface area (Å²) in [6.07, 6.45) is 6.38. The van der Waals surface area contributed by atoms with E-state index in [1.807, 2.05) is 0 Å². The molecule has 0 atom stereocenters. The third-order valence-corrected chi connectivity index (χ3v) is 2.11. The molecule has 0 unspecified atom stereocenters. The molecule has 1 aromatic rings. The highest BCUT2D eigenvalue weighted by Crippen LogP contribution is 2.12. The van der Waals surface area contributed by atoms with Gasteiger partial charge in [-0.2, -0.15) is 0 Å². The first-order valence-corrected chi connectivity index (χ1v) is 4.31. The SMILES string of the molecule is CCCSc1cnccn1. The second-order valence-corrected chi connectivity index (χ2v) is 3.01. The summed E-state index contributed by atoms with van der Waals surface area (Å²) in [5.41, 5.74) is 0. The zero-order valence-electron chi connectivity index (χ0n) is 5.95. The van der Waals surface area contributed by atoms with E-state index in [0.717, 1.165) is 10.8 Å². The molecular formula is C7H10N2S. The molecule has 0 amide bonds. The summed E-state index contributed by atoms with van der Waals surface area (Å²) in [6.45, 7) is 2.16. The van der Waals surface area contributed by atoms with Gasteiger partial charge in [0.1, 0.15) is 5.03 Å². The zero-order chi connectivity index (χ0) is 7.23. The summed E-state index contributed by atoms with van der Waals surface area (Å²) in [5, 5.41) is 1.02. The van der Waals surface area contributed by atoms with Crippen LogP contribution in [0.2, 0.25) is 0 Å². The molecule has 1 heterocycles. The normalized spacial score (nSPS) is 9.70. The summed E-state index contributed by atoms with van der Waals surface area (Å²) in [4.78, 5) is 8.07. The fraction of sp³-hybridized carbons (Fsp3) is 0.429. The largest absolute Gasteiger partial charge is 0.260 e.